The van der Waals surface area contributed by atoms with Gasteiger partial charge in [0.1, 0.15) is 16.3 Å². The minimum absolute atomic E-state index is 0.0130. The Kier molecular flexibility index (Phi) is 3.38. The summed E-state index contributed by atoms with van der Waals surface area (Å²) < 4.78 is 8.01. The first kappa shape index (κ1) is 13.4. The summed E-state index contributed by atoms with van der Waals surface area (Å²) in [6, 6.07) is 6.18. The summed E-state index contributed by atoms with van der Waals surface area (Å²) in [4.78, 5) is 16.3. The molecule has 104 valence electrons. The van der Waals surface area contributed by atoms with E-state index in [1.807, 2.05) is 12.1 Å². The molecule has 4 nitrogen and oxygen atoms in total. The molecule has 5 heteroatoms. The van der Waals surface area contributed by atoms with Crippen LogP contribution in [0.25, 0.3) is 0 Å². The van der Waals surface area contributed by atoms with Gasteiger partial charge in [-0.15, -0.1) is 0 Å². The molecule has 1 atom stereocenters. The van der Waals surface area contributed by atoms with E-state index in [-0.39, 0.29) is 11.7 Å². The third-order valence-corrected chi connectivity index (χ3v) is 4.43. The number of fused-ring (bicyclic) bond motifs is 1. The number of rotatable bonds is 2. The van der Waals surface area contributed by atoms with Crippen molar-refractivity contribution >= 4 is 15.9 Å². The van der Waals surface area contributed by atoms with Crippen LogP contribution in [0.3, 0.4) is 0 Å². The molecule has 2 aromatic rings. The molecule has 0 saturated heterocycles. The Hall–Kier alpha value is -1.62. The van der Waals surface area contributed by atoms with Gasteiger partial charge in [0.2, 0.25) is 0 Å². The standard InChI is InChI=1S/C15H15BrN2O2/c1-9-3-4-13-11(5-9)6-12(20-13)7-18-8-17-10(2)14(16)15(18)19/h3-5,8,12H,6-7H2,1-2H3. The van der Waals surface area contributed by atoms with Gasteiger partial charge in [0.15, 0.2) is 0 Å². The number of hydrogen-bond acceptors (Lipinski definition) is 3. The molecule has 1 aromatic carbocycles. The molecule has 0 aliphatic carbocycles. The fraction of sp³-hybridized carbons (Fsp3) is 0.333. The fourth-order valence-corrected chi connectivity index (χ4v) is 2.78. The lowest BCUT2D eigenvalue weighted by Gasteiger charge is -2.13. The average molecular weight is 335 g/mol. The van der Waals surface area contributed by atoms with Crippen LogP contribution in [-0.2, 0) is 13.0 Å². The molecular weight excluding hydrogens is 320 g/mol. The Morgan fingerprint density at radius 2 is 2.25 bits per heavy atom. The highest BCUT2D eigenvalue weighted by Crippen LogP contribution is 2.29. The molecule has 1 unspecified atom stereocenters. The number of nitrogens with zero attached hydrogens (tertiary/aromatic N) is 2. The van der Waals surface area contributed by atoms with Gasteiger partial charge < -0.3 is 4.74 Å². The molecule has 0 N–H and O–H groups in total. The highest BCUT2D eigenvalue weighted by Gasteiger charge is 2.23. The molecule has 1 aromatic heterocycles. The minimum atomic E-state index is -0.0618. The largest absolute Gasteiger partial charge is 0.488 e. The Balaban J connectivity index is 1.82. The second-order valence-corrected chi connectivity index (χ2v) is 5.95. The van der Waals surface area contributed by atoms with Crippen molar-refractivity contribution < 1.29 is 4.74 Å². The van der Waals surface area contributed by atoms with E-state index in [9.17, 15) is 4.79 Å². The zero-order chi connectivity index (χ0) is 14.3. The number of aromatic nitrogens is 2. The van der Waals surface area contributed by atoms with Crippen LogP contribution < -0.4 is 10.3 Å². The maximum atomic E-state index is 12.1. The second kappa shape index (κ2) is 5.05. The summed E-state index contributed by atoms with van der Waals surface area (Å²) in [7, 11) is 0. The Morgan fingerprint density at radius 1 is 1.45 bits per heavy atom. The van der Waals surface area contributed by atoms with E-state index in [4.69, 9.17) is 4.74 Å². The van der Waals surface area contributed by atoms with Crippen molar-refractivity contribution in [3.05, 3.63) is 56.2 Å². The maximum Gasteiger partial charge on any atom is 0.268 e. The van der Waals surface area contributed by atoms with Crippen LogP contribution in [0, 0.1) is 13.8 Å². The monoisotopic (exact) mass is 334 g/mol. The Labute approximate surface area is 125 Å². The van der Waals surface area contributed by atoms with Gasteiger partial charge in [0.05, 0.1) is 18.6 Å². The molecule has 0 radical (unpaired) electrons. The van der Waals surface area contributed by atoms with Crippen LogP contribution in [0.4, 0.5) is 0 Å². The van der Waals surface area contributed by atoms with Crippen molar-refractivity contribution in [2.24, 2.45) is 0 Å². The number of hydrogen-bond donors (Lipinski definition) is 0. The lowest BCUT2D eigenvalue weighted by molar-refractivity contribution is 0.206. The zero-order valence-corrected chi connectivity index (χ0v) is 13.0. The molecule has 1 aliphatic heterocycles. The zero-order valence-electron chi connectivity index (χ0n) is 11.4. The molecule has 2 heterocycles. The van der Waals surface area contributed by atoms with Crippen LogP contribution in [-0.4, -0.2) is 15.7 Å². The molecule has 0 fully saturated rings. The van der Waals surface area contributed by atoms with Gasteiger partial charge in [-0.05, 0) is 41.4 Å². The molecule has 0 spiro atoms. The van der Waals surface area contributed by atoms with Crippen molar-refractivity contribution in [1.82, 2.24) is 9.55 Å². The third kappa shape index (κ3) is 2.38. The summed E-state index contributed by atoms with van der Waals surface area (Å²) >= 11 is 3.28. The quantitative estimate of drug-likeness (QED) is 0.847. The normalized spacial score (nSPS) is 16.9. The summed E-state index contributed by atoms with van der Waals surface area (Å²) in [6.07, 6.45) is 2.40. The molecular formula is C15H15BrN2O2. The Morgan fingerprint density at radius 3 is 3.05 bits per heavy atom. The first-order valence-corrected chi connectivity index (χ1v) is 7.31. The number of aryl methyl sites for hydroxylation is 2. The number of benzene rings is 1. The number of halogens is 1. The average Bonchev–Trinajstić information content (AvgIpc) is 2.81. The first-order chi connectivity index (χ1) is 9.54. The van der Waals surface area contributed by atoms with Crippen LogP contribution in [0.2, 0.25) is 0 Å². The maximum absolute atomic E-state index is 12.1. The van der Waals surface area contributed by atoms with Gasteiger partial charge in [0.25, 0.3) is 5.56 Å². The first-order valence-electron chi connectivity index (χ1n) is 6.52. The van der Waals surface area contributed by atoms with Crippen molar-refractivity contribution in [2.45, 2.75) is 32.9 Å². The van der Waals surface area contributed by atoms with E-state index < -0.39 is 0 Å². The smallest absolute Gasteiger partial charge is 0.268 e. The number of ether oxygens (including phenoxy) is 1. The minimum Gasteiger partial charge on any atom is -0.488 e. The van der Waals surface area contributed by atoms with Crippen molar-refractivity contribution in [2.75, 3.05) is 0 Å². The van der Waals surface area contributed by atoms with Crippen LogP contribution in [0.1, 0.15) is 16.8 Å². The van der Waals surface area contributed by atoms with Crippen LogP contribution in [0.15, 0.2) is 33.8 Å². The van der Waals surface area contributed by atoms with E-state index in [1.165, 1.54) is 11.1 Å². The highest BCUT2D eigenvalue weighted by molar-refractivity contribution is 9.10. The second-order valence-electron chi connectivity index (χ2n) is 5.16. The summed E-state index contributed by atoms with van der Waals surface area (Å²) in [5.41, 5.74) is 3.08. The van der Waals surface area contributed by atoms with Crippen LogP contribution in [0.5, 0.6) is 5.75 Å². The molecule has 20 heavy (non-hydrogen) atoms. The fourth-order valence-electron chi connectivity index (χ4n) is 2.45. The van der Waals surface area contributed by atoms with E-state index in [1.54, 1.807) is 17.8 Å². The molecule has 0 saturated carbocycles. The molecule has 0 bridgehead atoms. The van der Waals surface area contributed by atoms with E-state index >= 15 is 0 Å². The molecule has 0 amide bonds. The van der Waals surface area contributed by atoms with Gasteiger partial charge in [-0.2, -0.15) is 0 Å². The van der Waals surface area contributed by atoms with Gasteiger partial charge in [0, 0.05) is 6.42 Å². The molecule has 3 rings (SSSR count). The summed E-state index contributed by atoms with van der Waals surface area (Å²) in [5, 5.41) is 0. The van der Waals surface area contributed by atoms with Crippen molar-refractivity contribution in [3.63, 3.8) is 0 Å². The SMILES string of the molecule is Cc1ccc2c(c1)CC(Cn1cnc(C)c(Br)c1=O)O2. The van der Waals surface area contributed by atoms with E-state index in [2.05, 4.69) is 33.9 Å². The van der Waals surface area contributed by atoms with Crippen LogP contribution >= 0.6 is 15.9 Å². The van der Waals surface area contributed by atoms with Gasteiger partial charge in [-0.1, -0.05) is 17.7 Å². The third-order valence-electron chi connectivity index (χ3n) is 3.51. The lowest BCUT2D eigenvalue weighted by atomic mass is 10.1. The van der Waals surface area contributed by atoms with Gasteiger partial charge in [-0.25, -0.2) is 4.98 Å². The predicted molar refractivity (Wildman–Crippen MR) is 80.2 cm³/mol. The lowest BCUT2D eigenvalue weighted by Crippen LogP contribution is -2.30. The topological polar surface area (TPSA) is 44.1 Å². The van der Waals surface area contributed by atoms with E-state index in [0.29, 0.717) is 16.7 Å². The Bertz CT molecular complexity index is 724. The summed E-state index contributed by atoms with van der Waals surface area (Å²) in [6.45, 7) is 4.39. The van der Waals surface area contributed by atoms with Gasteiger partial charge in [-0.3, -0.25) is 9.36 Å². The molecule has 1 aliphatic rings. The highest BCUT2D eigenvalue weighted by atomic mass is 79.9. The van der Waals surface area contributed by atoms with Crippen molar-refractivity contribution in [1.29, 1.82) is 0 Å². The van der Waals surface area contributed by atoms with E-state index in [0.717, 1.165) is 12.2 Å². The predicted octanol–water partition coefficient (Wildman–Crippen LogP) is 2.63. The van der Waals surface area contributed by atoms with Gasteiger partial charge >= 0.3 is 0 Å². The summed E-state index contributed by atoms with van der Waals surface area (Å²) in [5.74, 6) is 0.924. The van der Waals surface area contributed by atoms with Crippen molar-refractivity contribution in [3.8, 4) is 5.75 Å².